The molecule has 0 unspecified atom stereocenters. The Kier molecular flexibility index (Phi) is 7.86. The van der Waals surface area contributed by atoms with E-state index in [-0.39, 0.29) is 5.56 Å². The van der Waals surface area contributed by atoms with Crippen molar-refractivity contribution in [1.29, 1.82) is 0 Å². The van der Waals surface area contributed by atoms with Gasteiger partial charge in [0.15, 0.2) is 0 Å². The second-order valence-electron chi connectivity index (χ2n) is 8.33. The molecule has 0 fully saturated rings. The van der Waals surface area contributed by atoms with Crippen molar-refractivity contribution in [3.8, 4) is 22.9 Å². The molecule has 34 heavy (non-hydrogen) atoms. The summed E-state index contributed by atoms with van der Waals surface area (Å²) in [5.74, 6) is 2.19. The number of hydrogen-bond acceptors (Lipinski definition) is 4. The fourth-order valence-electron chi connectivity index (χ4n) is 3.96. The predicted molar refractivity (Wildman–Crippen MR) is 138 cm³/mol. The Morgan fingerprint density at radius 3 is 2.50 bits per heavy atom. The average Bonchev–Trinajstić information content (AvgIpc) is 2.86. The SMILES string of the molecule is COc1ccc(-c2nc3ccccc3c(=O)n2CCCCCCOc2cc(C)ccc2Cl)cc1. The van der Waals surface area contributed by atoms with E-state index in [1.54, 1.807) is 11.7 Å². The van der Waals surface area contributed by atoms with Gasteiger partial charge in [0, 0.05) is 12.1 Å². The largest absolute Gasteiger partial charge is 0.497 e. The zero-order chi connectivity index (χ0) is 23.9. The van der Waals surface area contributed by atoms with Gasteiger partial charge < -0.3 is 9.47 Å². The fraction of sp³-hybridized carbons (Fsp3) is 0.286. The number of hydrogen-bond donors (Lipinski definition) is 0. The summed E-state index contributed by atoms with van der Waals surface area (Å²) in [5.41, 5.74) is 2.73. The number of rotatable bonds is 10. The number of aromatic nitrogens is 2. The van der Waals surface area contributed by atoms with E-state index in [0.29, 0.717) is 34.9 Å². The molecule has 176 valence electrons. The van der Waals surface area contributed by atoms with Crippen LogP contribution < -0.4 is 15.0 Å². The normalized spacial score (nSPS) is 11.0. The van der Waals surface area contributed by atoms with Gasteiger partial charge in [0.05, 0.1) is 29.6 Å². The van der Waals surface area contributed by atoms with E-state index in [9.17, 15) is 4.79 Å². The fourth-order valence-corrected chi connectivity index (χ4v) is 4.14. The van der Waals surface area contributed by atoms with E-state index in [1.165, 1.54) is 0 Å². The lowest BCUT2D eigenvalue weighted by Crippen LogP contribution is -2.23. The third kappa shape index (κ3) is 5.60. The number of ether oxygens (including phenoxy) is 2. The van der Waals surface area contributed by atoms with Gasteiger partial charge in [-0.15, -0.1) is 0 Å². The van der Waals surface area contributed by atoms with Gasteiger partial charge in [-0.1, -0.05) is 42.6 Å². The molecule has 0 saturated heterocycles. The molecule has 0 aliphatic rings. The van der Waals surface area contributed by atoms with Crippen molar-refractivity contribution in [2.75, 3.05) is 13.7 Å². The topological polar surface area (TPSA) is 53.3 Å². The van der Waals surface area contributed by atoms with Crippen LogP contribution in [0.1, 0.15) is 31.2 Å². The molecule has 1 aromatic heterocycles. The molecule has 4 rings (SSSR count). The predicted octanol–water partition coefficient (Wildman–Crippen LogP) is 6.67. The molecule has 6 heteroatoms. The lowest BCUT2D eigenvalue weighted by molar-refractivity contribution is 0.304. The minimum absolute atomic E-state index is 0.00570. The molecular weight excluding hydrogens is 448 g/mol. The van der Waals surface area contributed by atoms with Gasteiger partial charge in [0.2, 0.25) is 0 Å². The van der Waals surface area contributed by atoms with Crippen molar-refractivity contribution in [2.24, 2.45) is 0 Å². The molecule has 0 radical (unpaired) electrons. The Balaban J connectivity index is 1.41. The van der Waals surface area contributed by atoms with Crippen LogP contribution in [0.2, 0.25) is 5.02 Å². The molecule has 3 aromatic carbocycles. The highest BCUT2D eigenvalue weighted by Crippen LogP contribution is 2.26. The Hall–Kier alpha value is -3.31. The van der Waals surface area contributed by atoms with Gasteiger partial charge in [-0.25, -0.2) is 4.98 Å². The van der Waals surface area contributed by atoms with E-state index >= 15 is 0 Å². The minimum Gasteiger partial charge on any atom is -0.497 e. The van der Waals surface area contributed by atoms with Crippen molar-refractivity contribution in [3.05, 3.63) is 87.7 Å². The molecule has 0 saturated carbocycles. The lowest BCUT2D eigenvalue weighted by atomic mass is 10.1. The number of aryl methyl sites for hydroxylation is 1. The maximum Gasteiger partial charge on any atom is 0.261 e. The molecule has 4 aromatic rings. The van der Waals surface area contributed by atoms with Crippen molar-refractivity contribution in [1.82, 2.24) is 9.55 Å². The molecule has 1 heterocycles. The monoisotopic (exact) mass is 476 g/mol. The summed E-state index contributed by atoms with van der Waals surface area (Å²) in [6, 6.07) is 21.0. The number of benzene rings is 3. The quantitative estimate of drug-likeness (QED) is 0.240. The molecule has 0 bridgehead atoms. The number of para-hydroxylation sites is 1. The van der Waals surface area contributed by atoms with Gasteiger partial charge in [-0.3, -0.25) is 9.36 Å². The number of methoxy groups -OCH3 is 1. The van der Waals surface area contributed by atoms with E-state index in [0.717, 1.165) is 48.3 Å². The summed E-state index contributed by atoms with van der Waals surface area (Å²) in [7, 11) is 1.64. The van der Waals surface area contributed by atoms with Crippen LogP contribution in [0.25, 0.3) is 22.3 Å². The van der Waals surface area contributed by atoms with E-state index in [4.69, 9.17) is 26.1 Å². The molecule has 0 amide bonds. The standard InChI is InChI=1S/C28H29ClN2O3/c1-20-11-16-24(29)26(19-20)34-18-8-4-3-7-17-31-27(21-12-14-22(33-2)15-13-21)30-25-10-6-5-9-23(25)28(31)32/h5-6,9-16,19H,3-4,7-8,17-18H2,1-2H3. The first-order valence-corrected chi connectivity index (χ1v) is 12.0. The summed E-state index contributed by atoms with van der Waals surface area (Å²) in [4.78, 5) is 18.1. The summed E-state index contributed by atoms with van der Waals surface area (Å²) < 4.78 is 12.9. The van der Waals surface area contributed by atoms with Gasteiger partial charge in [-0.2, -0.15) is 0 Å². The molecule has 0 aliphatic carbocycles. The average molecular weight is 477 g/mol. The minimum atomic E-state index is -0.00570. The Morgan fingerprint density at radius 2 is 1.71 bits per heavy atom. The van der Waals surface area contributed by atoms with Crippen LogP contribution >= 0.6 is 11.6 Å². The molecule has 5 nitrogen and oxygen atoms in total. The molecule has 0 atom stereocenters. The van der Waals surface area contributed by atoms with Crippen LogP contribution in [0.3, 0.4) is 0 Å². The Morgan fingerprint density at radius 1 is 0.941 bits per heavy atom. The second kappa shape index (κ2) is 11.2. The first-order chi connectivity index (χ1) is 16.6. The first-order valence-electron chi connectivity index (χ1n) is 11.6. The van der Waals surface area contributed by atoms with Gasteiger partial charge >= 0.3 is 0 Å². The summed E-state index contributed by atoms with van der Waals surface area (Å²) in [6.45, 7) is 3.26. The van der Waals surface area contributed by atoms with Gasteiger partial charge in [0.25, 0.3) is 5.56 Å². The van der Waals surface area contributed by atoms with Gasteiger partial charge in [0.1, 0.15) is 17.3 Å². The van der Waals surface area contributed by atoms with Gasteiger partial charge in [-0.05, 0) is 73.9 Å². The van der Waals surface area contributed by atoms with E-state index in [1.807, 2.05) is 73.7 Å². The third-order valence-electron chi connectivity index (χ3n) is 5.83. The number of nitrogens with zero attached hydrogens (tertiary/aromatic N) is 2. The maximum atomic E-state index is 13.3. The van der Waals surface area contributed by atoms with Crippen LogP contribution in [0.15, 0.2) is 71.5 Å². The molecule has 0 aliphatic heterocycles. The lowest BCUT2D eigenvalue weighted by Gasteiger charge is -2.14. The van der Waals surface area contributed by atoms with Crippen molar-refractivity contribution < 1.29 is 9.47 Å². The Labute approximate surface area is 204 Å². The third-order valence-corrected chi connectivity index (χ3v) is 6.14. The zero-order valence-corrected chi connectivity index (χ0v) is 20.3. The highest BCUT2D eigenvalue weighted by molar-refractivity contribution is 6.32. The van der Waals surface area contributed by atoms with E-state index in [2.05, 4.69) is 0 Å². The molecule has 0 spiro atoms. The maximum absolute atomic E-state index is 13.3. The zero-order valence-electron chi connectivity index (χ0n) is 19.6. The molecule has 0 N–H and O–H groups in total. The summed E-state index contributed by atoms with van der Waals surface area (Å²) in [6.07, 6.45) is 3.82. The number of unbranched alkanes of at least 4 members (excludes halogenated alkanes) is 3. The van der Waals surface area contributed by atoms with Crippen molar-refractivity contribution in [3.63, 3.8) is 0 Å². The van der Waals surface area contributed by atoms with E-state index < -0.39 is 0 Å². The highest BCUT2D eigenvalue weighted by atomic mass is 35.5. The highest BCUT2D eigenvalue weighted by Gasteiger charge is 2.13. The van der Waals surface area contributed by atoms with Crippen LogP contribution in [0.4, 0.5) is 0 Å². The Bertz CT molecular complexity index is 1320. The molecular formula is C28H29ClN2O3. The van der Waals surface area contributed by atoms with Crippen molar-refractivity contribution >= 4 is 22.5 Å². The van der Waals surface area contributed by atoms with Crippen LogP contribution in [-0.2, 0) is 6.54 Å². The first kappa shape index (κ1) is 23.8. The van der Waals surface area contributed by atoms with Crippen LogP contribution in [0.5, 0.6) is 11.5 Å². The number of halogens is 1. The van der Waals surface area contributed by atoms with Crippen LogP contribution in [0, 0.1) is 6.92 Å². The van der Waals surface area contributed by atoms with Crippen LogP contribution in [-0.4, -0.2) is 23.3 Å². The smallest absolute Gasteiger partial charge is 0.261 e. The summed E-state index contributed by atoms with van der Waals surface area (Å²) in [5, 5.41) is 1.28. The summed E-state index contributed by atoms with van der Waals surface area (Å²) >= 11 is 6.19. The second-order valence-corrected chi connectivity index (χ2v) is 8.74. The van der Waals surface area contributed by atoms with Crippen molar-refractivity contribution in [2.45, 2.75) is 39.2 Å². The number of fused-ring (bicyclic) bond motifs is 1.